The third-order valence-electron chi connectivity index (χ3n) is 3.06. The van der Waals surface area contributed by atoms with Crippen molar-refractivity contribution in [2.24, 2.45) is 0 Å². The van der Waals surface area contributed by atoms with Crippen LogP contribution in [0.2, 0.25) is 0 Å². The third-order valence-corrected chi connectivity index (χ3v) is 3.06. The zero-order valence-corrected chi connectivity index (χ0v) is 12.5. The molecule has 0 aliphatic rings. The first-order valence-corrected chi connectivity index (χ1v) is 6.52. The summed E-state index contributed by atoms with van der Waals surface area (Å²) in [6, 6.07) is 2.61. The van der Waals surface area contributed by atoms with Crippen molar-refractivity contribution in [2.75, 3.05) is 5.73 Å². The molecule has 2 rings (SSSR count). The quantitative estimate of drug-likeness (QED) is 0.864. The number of nitrogens with zero attached hydrogens (tertiary/aromatic N) is 2. The number of ether oxygens (including phenoxy) is 1. The van der Waals surface area contributed by atoms with E-state index in [0.717, 1.165) is 6.07 Å². The van der Waals surface area contributed by atoms with Crippen LogP contribution in [0.15, 0.2) is 29.3 Å². The lowest BCUT2D eigenvalue weighted by Crippen LogP contribution is -2.34. The summed E-state index contributed by atoms with van der Waals surface area (Å²) < 4.78 is 20.7. The average Bonchev–Trinajstić information content (AvgIpc) is 2.36. The van der Waals surface area contributed by atoms with Crippen LogP contribution < -0.4 is 16.0 Å². The summed E-state index contributed by atoms with van der Waals surface area (Å²) in [7, 11) is 0. The Kier molecular flexibility index (Phi) is 3.72. The summed E-state index contributed by atoms with van der Waals surface area (Å²) in [5.74, 6) is -0.876. The van der Waals surface area contributed by atoms with Gasteiger partial charge in [0.05, 0.1) is 0 Å². The molecule has 5 nitrogen and oxygen atoms in total. The average molecular weight is 291 g/mol. The van der Waals surface area contributed by atoms with Gasteiger partial charge in [-0.25, -0.2) is 9.37 Å². The fourth-order valence-electron chi connectivity index (χ4n) is 1.84. The van der Waals surface area contributed by atoms with Crippen molar-refractivity contribution in [3.63, 3.8) is 0 Å². The molecule has 1 aromatic heterocycles. The lowest BCUT2D eigenvalue weighted by Gasteiger charge is -2.22. The molecule has 0 radical (unpaired) electrons. The molecule has 0 unspecified atom stereocenters. The van der Waals surface area contributed by atoms with E-state index in [1.165, 1.54) is 16.8 Å². The Morgan fingerprint density at radius 2 is 2.00 bits per heavy atom. The first-order valence-electron chi connectivity index (χ1n) is 6.52. The molecule has 1 aromatic carbocycles. The van der Waals surface area contributed by atoms with E-state index in [-0.39, 0.29) is 11.6 Å². The highest BCUT2D eigenvalue weighted by Gasteiger charge is 2.18. The molecule has 6 heteroatoms. The summed E-state index contributed by atoms with van der Waals surface area (Å²) in [6.45, 7) is 7.37. The van der Waals surface area contributed by atoms with Gasteiger partial charge in [0.15, 0.2) is 11.6 Å². The van der Waals surface area contributed by atoms with Gasteiger partial charge in [0.2, 0.25) is 0 Å². The van der Waals surface area contributed by atoms with Crippen LogP contribution in [0.25, 0.3) is 0 Å². The minimum Gasteiger partial charge on any atom is -0.431 e. The second-order valence-corrected chi connectivity index (χ2v) is 5.82. The largest absolute Gasteiger partial charge is 0.431 e. The molecule has 1 heterocycles. The van der Waals surface area contributed by atoms with Gasteiger partial charge < -0.3 is 15.0 Å². The lowest BCUT2D eigenvalue weighted by molar-refractivity contribution is 0.358. The van der Waals surface area contributed by atoms with E-state index in [4.69, 9.17) is 10.5 Å². The van der Waals surface area contributed by atoms with Gasteiger partial charge in [0.25, 0.3) is 5.88 Å². The maximum atomic E-state index is 13.8. The number of aryl methyl sites for hydroxylation is 1. The summed E-state index contributed by atoms with van der Waals surface area (Å²) in [6.07, 6.45) is 3.02. The summed E-state index contributed by atoms with van der Waals surface area (Å²) in [5.41, 5.74) is 5.77. The molecule has 0 aliphatic heterocycles. The molecule has 0 atom stereocenters. The van der Waals surface area contributed by atoms with Crippen LogP contribution in [0.4, 0.5) is 10.1 Å². The molecular formula is C15H18FN3O2. The molecular weight excluding hydrogens is 273 g/mol. The molecule has 0 saturated carbocycles. The van der Waals surface area contributed by atoms with Crippen LogP contribution in [-0.2, 0) is 5.54 Å². The number of anilines is 1. The molecule has 0 amide bonds. The van der Waals surface area contributed by atoms with Crippen LogP contribution in [0.5, 0.6) is 11.6 Å². The Morgan fingerprint density at radius 1 is 1.33 bits per heavy atom. The van der Waals surface area contributed by atoms with Crippen molar-refractivity contribution >= 4 is 5.69 Å². The Hall–Kier alpha value is -2.37. The topological polar surface area (TPSA) is 70.1 Å². The van der Waals surface area contributed by atoms with E-state index in [0.29, 0.717) is 11.3 Å². The molecule has 0 saturated heterocycles. The number of aromatic nitrogens is 2. The first-order chi connectivity index (χ1) is 9.70. The fourth-order valence-corrected chi connectivity index (χ4v) is 1.84. The molecule has 0 bridgehead atoms. The maximum absolute atomic E-state index is 13.8. The third kappa shape index (κ3) is 3.04. The molecule has 112 valence electrons. The van der Waals surface area contributed by atoms with Gasteiger partial charge in [-0.05, 0) is 39.3 Å². The predicted octanol–water partition coefficient (Wildman–Crippen LogP) is 2.82. The monoisotopic (exact) mass is 291 g/mol. The number of nitrogen functional groups attached to an aromatic ring is 1. The normalized spacial score (nSPS) is 11.5. The van der Waals surface area contributed by atoms with E-state index in [9.17, 15) is 9.18 Å². The number of hydrogen-bond donors (Lipinski definition) is 1. The van der Waals surface area contributed by atoms with Crippen LogP contribution >= 0.6 is 0 Å². The zero-order chi connectivity index (χ0) is 15.8. The molecule has 0 aliphatic carbocycles. The number of benzene rings is 1. The van der Waals surface area contributed by atoms with Crippen LogP contribution in [0, 0.1) is 12.7 Å². The molecule has 0 spiro atoms. The smallest absolute Gasteiger partial charge is 0.314 e. The minimum atomic E-state index is -0.634. The lowest BCUT2D eigenvalue weighted by atomic mass is 10.1. The highest BCUT2D eigenvalue weighted by atomic mass is 19.1. The van der Waals surface area contributed by atoms with E-state index in [2.05, 4.69) is 4.98 Å². The predicted molar refractivity (Wildman–Crippen MR) is 79.1 cm³/mol. The van der Waals surface area contributed by atoms with Crippen molar-refractivity contribution in [3.05, 3.63) is 46.3 Å². The van der Waals surface area contributed by atoms with Gasteiger partial charge in [-0.3, -0.25) is 4.79 Å². The number of halogens is 1. The van der Waals surface area contributed by atoms with Crippen LogP contribution in [0.3, 0.4) is 0 Å². The Labute approximate surface area is 122 Å². The molecule has 2 N–H and O–H groups in total. The first kappa shape index (κ1) is 15.0. The SMILES string of the molecule is Cc1cc(Oc2nccn(C(C)(C)C)c2=O)c(F)cc1N. The zero-order valence-electron chi connectivity index (χ0n) is 12.5. The standard InChI is InChI=1S/C15H18FN3O2/c1-9-7-12(10(16)8-11(9)17)21-13-14(20)19(6-5-18-13)15(2,3)4/h5-8H,17H2,1-4H3. The van der Waals surface area contributed by atoms with Gasteiger partial charge >= 0.3 is 5.56 Å². The van der Waals surface area contributed by atoms with E-state index in [1.54, 1.807) is 13.1 Å². The van der Waals surface area contributed by atoms with Crippen molar-refractivity contribution in [2.45, 2.75) is 33.2 Å². The molecule has 0 fully saturated rings. The van der Waals surface area contributed by atoms with Gasteiger partial charge in [-0.1, -0.05) is 0 Å². The second-order valence-electron chi connectivity index (χ2n) is 5.82. The maximum Gasteiger partial charge on any atom is 0.314 e. The molecule has 2 aromatic rings. The van der Waals surface area contributed by atoms with Crippen LogP contribution in [0.1, 0.15) is 26.3 Å². The number of rotatable bonds is 2. The van der Waals surface area contributed by atoms with Crippen molar-refractivity contribution in [1.29, 1.82) is 0 Å². The van der Waals surface area contributed by atoms with Crippen molar-refractivity contribution < 1.29 is 9.13 Å². The molecule has 21 heavy (non-hydrogen) atoms. The van der Waals surface area contributed by atoms with Crippen molar-refractivity contribution in [1.82, 2.24) is 9.55 Å². The van der Waals surface area contributed by atoms with E-state index in [1.807, 2.05) is 20.8 Å². The van der Waals surface area contributed by atoms with Gasteiger partial charge in [-0.15, -0.1) is 0 Å². The van der Waals surface area contributed by atoms with E-state index < -0.39 is 16.9 Å². The second kappa shape index (κ2) is 5.20. The summed E-state index contributed by atoms with van der Waals surface area (Å²) in [4.78, 5) is 16.2. The van der Waals surface area contributed by atoms with Crippen LogP contribution in [-0.4, -0.2) is 9.55 Å². The fraction of sp³-hybridized carbons (Fsp3) is 0.333. The van der Waals surface area contributed by atoms with Gasteiger partial charge in [0, 0.05) is 29.7 Å². The summed E-state index contributed by atoms with van der Waals surface area (Å²) in [5, 5.41) is 0. The number of nitrogens with two attached hydrogens (primary N) is 1. The summed E-state index contributed by atoms with van der Waals surface area (Å²) >= 11 is 0. The highest BCUT2D eigenvalue weighted by molar-refractivity contribution is 5.50. The highest BCUT2D eigenvalue weighted by Crippen LogP contribution is 2.26. The van der Waals surface area contributed by atoms with Gasteiger partial charge in [0.1, 0.15) is 0 Å². The Morgan fingerprint density at radius 3 is 2.62 bits per heavy atom. The minimum absolute atomic E-state index is 0.0713. The van der Waals surface area contributed by atoms with E-state index >= 15 is 0 Å². The Bertz CT molecular complexity index is 733. The Balaban J connectivity index is 2.46. The number of hydrogen-bond acceptors (Lipinski definition) is 4. The van der Waals surface area contributed by atoms with Gasteiger partial charge in [-0.2, -0.15) is 0 Å². The van der Waals surface area contributed by atoms with Crippen molar-refractivity contribution in [3.8, 4) is 11.6 Å².